The highest BCUT2D eigenvalue weighted by Crippen LogP contribution is 2.25. The summed E-state index contributed by atoms with van der Waals surface area (Å²) in [6, 6.07) is 3.75. The van der Waals surface area contributed by atoms with Crippen molar-refractivity contribution in [3.8, 4) is 11.3 Å². The van der Waals surface area contributed by atoms with E-state index in [-0.39, 0.29) is 0 Å². The van der Waals surface area contributed by atoms with Crippen molar-refractivity contribution in [1.29, 1.82) is 0 Å². The van der Waals surface area contributed by atoms with Crippen LogP contribution in [-0.4, -0.2) is 21.4 Å². The Morgan fingerprint density at radius 3 is 3.00 bits per heavy atom. The van der Waals surface area contributed by atoms with Gasteiger partial charge in [-0.2, -0.15) is 4.39 Å². The number of imidazole rings is 1. The van der Waals surface area contributed by atoms with Crippen LogP contribution in [0.4, 0.5) is 10.1 Å². The Balaban J connectivity index is 2.29. The van der Waals surface area contributed by atoms with Crippen LogP contribution in [0.1, 0.15) is 12.7 Å². The van der Waals surface area contributed by atoms with Crippen molar-refractivity contribution in [1.82, 2.24) is 15.3 Å². The fourth-order valence-corrected chi connectivity index (χ4v) is 1.66. The Kier molecular flexibility index (Phi) is 3.86. The summed E-state index contributed by atoms with van der Waals surface area (Å²) >= 11 is 0. The first-order valence-corrected chi connectivity index (χ1v) is 5.80. The molecule has 0 aliphatic carbocycles. The molecule has 7 heteroatoms. The van der Waals surface area contributed by atoms with Gasteiger partial charge in [-0.15, -0.1) is 0 Å². The number of H-pyrrole nitrogens is 1. The highest BCUT2D eigenvalue weighted by atomic mass is 19.1. The van der Waals surface area contributed by atoms with Crippen LogP contribution in [0.2, 0.25) is 0 Å². The number of aromatic amines is 1. The minimum absolute atomic E-state index is 0.531. The Morgan fingerprint density at radius 1 is 1.53 bits per heavy atom. The van der Waals surface area contributed by atoms with E-state index < -0.39 is 16.4 Å². The first-order chi connectivity index (χ1) is 9.11. The molecule has 0 unspecified atom stereocenters. The molecule has 0 atom stereocenters. The average Bonchev–Trinajstić information content (AvgIpc) is 2.85. The third kappa shape index (κ3) is 2.94. The topological polar surface area (TPSA) is 83.8 Å². The van der Waals surface area contributed by atoms with E-state index in [2.05, 4.69) is 15.3 Å². The van der Waals surface area contributed by atoms with Gasteiger partial charge in [0.05, 0.1) is 23.4 Å². The summed E-state index contributed by atoms with van der Waals surface area (Å²) in [4.78, 5) is 17.1. The summed E-state index contributed by atoms with van der Waals surface area (Å²) in [7, 11) is 0. The van der Waals surface area contributed by atoms with Gasteiger partial charge in [0.2, 0.25) is 5.82 Å². The van der Waals surface area contributed by atoms with Crippen LogP contribution in [-0.2, 0) is 6.54 Å². The van der Waals surface area contributed by atoms with Crippen LogP contribution >= 0.6 is 0 Å². The molecular formula is C12H13FN4O2. The van der Waals surface area contributed by atoms with Crippen molar-refractivity contribution in [2.75, 3.05) is 6.54 Å². The molecule has 0 aliphatic rings. The molecule has 0 saturated carbocycles. The first-order valence-electron chi connectivity index (χ1n) is 5.80. The molecule has 19 heavy (non-hydrogen) atoms. The molecule has 1 aromatic heterocycles. The molecular weight excluding hydrogens is 251 g/mol. The number of nitro benzene ring substituents is 1. The largest absolute Gasteiger partial charge is 0.341 e. The van der Waals surface area contributed by atoms with E-state index in [0.717, 1.165) is 18.4 Å². The van der Waals surface area contributed by atoms with Crippen molar-refractivity contribution in [2.24, 2.45) is 0 Å². The zero-order valence-corrected chi connectivity index (χ0v) is 10.3. The van der Waals surface area contributed by atoms with Gasteiger partial charge in [-0.3, -0.25) is 10.1 Å². The molecule has 0 fully saturated rings. The first kappa shape index (κ1) is 13.2. The molecule has 0 spiro atoms. The van der Waals surface area contributed by atoms with Gasteiger partial charge in [-0.25, -0.2) is 4.98 Å². The number of nitrogens with one attached hydrogen (secondary N) is 2. The van der Waals surface area contributed by atoms with Crippen LogP contribution in [0.5, 0.6) is 0 Å². The second kappa shape index (κ2) is 5.57. The predicted molar refractivity (Wildman–Crippen MR) is 68.0 cm³/mol. The van der Waals surface area contributed by atoms with E-state index >= 15 is 0 Å². The summed E-state index contributed by atoms with van der Waals surface area (Å²) in [5.41, 5.74) is 0.611. The molecule has 2 rings (SSSR count). The molecule has 1 heterocycles. The van der Waals surface area contributed by atoms with E-state index in [4.69, 9.17) is 0 Å². The summed E-state index contributed by atoms with van der Waals surface area (Å²) in [5, 5.41) is 13.8. The van der Waals surface area contributed by atoms with Crippen molar-refractivity contribution in [2.45, 2.75) is 13.5 Å². The number of hydrogen-bond donors (Lipinski definition) is 2. The smallest absolute Gasteiger partial charge is 0.305 e. The molecule has 0 saturated heterocycles. The summed E-state index contributed by atoms with van der Waals surface area (Å²) < 4.78 is 13.2. The lowest BCUT2D eigenvalue weighted by Crippen LogP contribution is -2.12. The van der Waals surface area contributed by atoms with Crippen molar-refractivity contribution >= 4 is 5.69 Å². The minimum Gasteiger partial charge on any atom is -0.341 e. The average molecular weight is 264 g/mol. The minimum atomic E-state index is -0.846. The highest BCUT2D eigenvalue weighted by Gasteiger charge is 2.15. The molecule has 100 valence electrons. The fraction of sp³-hybridized carbons (Fsp3) is 0.250. The predicted octanol–water partition coefficient (Wildman–Crippen LogP) is 2.23. The van der Waals surface area contributed by atoms with Crippen molar-refractivity contribution in [3.05, 3.63) is 46.2 Å². The van der Waals surface area contributed by atoms with Gasteiger partial charge in [-0.05, 0) is 18.7 Å². The second-order valence-electron chi connectivity index (χ2n) is 3.95. The van der Waals surface area contributed by atoms with Gasteiger partial charge in [0, 0.05) is 11.6 Å². The van der Waals surface area contributed by atoms with Crippen LogP contribution < -0.4 is 5.32 Å². The maximum atomic E-state index is 13.2. The lowest BCUT2D eigenvalue weighted by atomic mass is 10.1. The SMILES string of the molecule is CCNCc1ncc(-c2ccc(F)c([N+](=O)[O-])c2)[nH]1. The maximum absolute atomic E-state index is 13.2. The van der Waals surface area contributed by atoms with E-state index in [1.54, 1.807) is 6.20 Å². The standard InChI is InChI=1S/C12H13FN4O2/c1-2-14-7-12-15-6-10(16-12)8-3-4-9(13)11(5-8)17(18)19/h3-6,14H,2,7H2,1H3,(H,15,16). The Morgan fingerprint density at radius 2 is 2.32 bits per heavy atom. The zero-order valence-electron chi connectivity index (χ0n) is 10.3. The van der Waals surface area contributed by atoms with E-state index in [1.807, 2.05) is 6.92 Å². The number of hydrogen-bond acceptors (Lipinski definition) is 4. The van der Waals surface area contributed by atoms with Gasteiger partial charge >= 0.3 is 5.69 Å². The lowest BCUT2D eigenvalue weighted by molar-refractivity contribution is -0.387. The van der Waals surface area contributed by atoms with Gasteiger partial charge in [0.15, 0.2) is 0 Å². The maximum Gasteiger partial charge on any atom is 0.305 e. The lowest BCUT2D eigenvalue weighted by Gasteiger charge is -1.99. The molecule has 2 N–H and O–H groups in total. The Bertz CT molecular complexity index is 597. The molecule has 0 amide bonds. The third-order valence-corrected chi connectivity index (χ3v) is 2.62. The Hall–Kier alpha value is -2.28. The number of nitro groups is 1. The van der Waals surface area contributed by atoms with Crippen molar-refractivity contribution in [3.63, 3.8) is 0 Å². The molecule has 6 nitrogen and oxygen atoms in total. The van der Waals surface area contributed by atoms with Crippen LogP contribution in [0, 0.1) is 15.9 Å². The molecule has 0 radical (unpaired) electrons. The summed E-state index contributed by atoms with van der Waals surface area (Å²) in [5.74, 6) is -0.120. The second-order valence-corrected chi connectivity index (χ2v) is 3.95. The fourth-order valence-electron chi connectivity index (χ4n) is 1.66. The molecule has 0 bridgehead atoms. The van der Waals surface area contributed by atoms with Gasteiger partial charge in [0.25, 0.3) is 0 Å². The zero-order chi connectivity index (χ0) is 13.8. The van der Waals surface area contributed by atoms with E-state index in [1.165, 1.54) is 12.1 Å². The molecule has 0 aliphatic heterocycles. The summed E-state index contributed by atoms with van der Waals surface area (Å²) in [6.07, 6.45) is 1.57. The normalized spacial score (nSPS) is 10.6. The molecule has 2 aromatic rings. The Labute approximate surface area is 108 Å². The van der Waals surface area contributed by atoms with Crippen LogP contribution in [0.25, 0.3) is 11.3 Å². The number of benzene rings is 1. The van der Waals surface area contributed by atoms with E-state index in [0.29, 0.717) is 17.8 Å². The van der Waals surface area contributed by atoms with Crippen molar-refractivity contribution < 1.29 is 9.31 Å². The van der Waals surface area contributed by atoms with Gasteiger partial charge < -0.3 is 10.3 Å². The van der Waals surface area contributed by atoms with Crippen LogP contribution in [0.3, 0.4) is 0 Å². The quantitative estimate of drug-likeness (QED) is 0.640. The third-order valence-electron chi connectivity index (χ3n) is 2.62. The number of nitrogens with zero attached hydrogens (tertiary/aromatic N) is 2. The number of halogens is 1. The molecule has 1 aromatic carbocycles. The van der Waals surface area contributed by atoms with E-state index in [9.17, 15) is 14.5 Å². The van der Waals surface area contributed by atoms with Gasteiger partial charge in [0.1, 0.15) is 5.82 Å². The van der Waals surface area contributed by atoms with Crippen LogP contribution in [0.15, 0.2) is 24.4 Å². The number of rotatable bonds is 5. The number of aromatic nitrogens is 2. The van der Waals surface area contributed by atoms with Gasteiger partial charge in [-0.1, -0.05) is 6.92 Å². The summed E-state index contributed by atoms with van der Waals surface area (Å²) in [6.45, 7) is 3.38. The monoisotopic (exact) mass is 264 g/mol. The highest BCUT2D eigenvalue weighted by molar-refractivity contribution is 5.62.